The SMILES string of the molecule is CC1CCN(c2oc(-c3ccc(F)cc3)nc2S(=O)(=O)c2ccccc2)CC1. The minimum absolute atomic E-state index is 0.0902. The van der Waals surface area contributed by atoms with Crippen molar-refractivity contribution in [1.82, 2.24) is 4.98 Å². The Bertz CT molecular complexity index is 1050. The van der Waals surface area contributed by atoms with E-state index in [9.17, 15) is 12.8 Å². The van der Waals surface area contributed by atoms with Crippen molar-refractivity contribution < 1.29 is 17.2 Å². The van der Waals surface area contributed by atoms with Crippen molar-refractivity contribution in [1.29, 1.82) is 0 Å². The Morgan fingerprint density at radius 3 is 2.32 bits per heavy atom. The fourth-order valence-corrected chi connectivity index (χ4v) is 4.65. The average molecular weight is 400 g/mol. The highest BCUT2D eigenvalue weighted by atomic mass is 32.2. The fraction of sp³-hybridized carbons (Fsp3) is 0.286. The zero-order chi connectivity index (χ0) is 19.7. The van der Waals surface area contributed by atoms with Crippen molar-refractivity contribution in [3.63, 3.8) is 0 Å². The summed E-state index contributed by atoms with van der Waals surface area (Å²) in [6.45, 7) is 3.59. The summed E-state index contributed by atoms with van der Waals surface area (Å²) in [4.78, 5) is 6.44. The van der Waals surface area contributed by atoms with Gasteiger partial charge >= 0.3 is 0 Å². The Morgan fingerprint density at radius 2 is 1.68 bits per heavy atom. The van der Waals surface area contributed by atoms with Crippen LogP contribution in [0.4, 0.5) is 10.3 Å². The van der Waals surface area contributed by atoms with Crippen LogP contribution in [0.25, 0.3) is 11.5 Å². The van der Waals surface area contributed by atoms with E-state index in [4.69, 9.17) is 4.42 Å². The summed E-state index contributed by atoms with van der Waals surface area (Å²) >= 11 is 0. The minimum atomic E-state index is -3.85. The molecular weight excluding hydrogens is 379 g/mol. The lowest BCUT2D eigenvalue weighted by Crippen LogP contribution is -2.33. The van der Waals surface area contributed by atoms with Crippen molar-refractivity contribution in [3.05, 3.63) is 60.4 Å². The van der Waals surface area contributed by atoms with Crippen molar-refractivity contribution in [2.75, 3.05) is 18.0 Å². The van der Waals surface area contributed by atoms with E-state index in [-0.39, 0.29) is 27.5 Å². The molecule has 28 heavy (non-hydrogen) atoms. The van der Waals surface area contributed by atoms with Gasteiger partial charge in [0.25, 0.3) is 0 Å². The van der Waals surface area contributed by atoms with E-state index in [1.807, 2.05) is 4.90 Å². The summed E-state index contributed by atoms with van der Waals surface area (Å²) in [7, 11) is -3.85. The fourth-order valence-electron chi connectivity index (χ4n) is 3.31. The van der Waals surface area contributed by atoms with Gasteiger partial charge in [-0.2, -0.15) is 4.98 Å². The second-order valence-electron chi connectivity index (χ2n) is 7.12. The van der Waals surface area contributed by atoms with Crippen LogP contribution in [0.1, 0.15) is 19.8 Å². The van der Waals surface area contributed by atoms with Gasteiger partial charge in [-0.3, -0.25) is 0 Å². The monoisotopic (exact) mass is 400 g/mol. The Kier molecular flexibility index (Phi) is 4.93. The lowest BCUT2D eigenvalue weighted by Gasteiger charge is -2.30. The van der Waals surface area contributed by atoms with Gasteiger partial charge in [0, 0.05) is 18.7 Å². The topological polar surface area (TPSA) is 63.4 Å². The highest BCUT2D eigenvalue weighted by Gasteiger charge is 2.32. The molecule has 0 N–H and O–H groups in total. The van der Waals surface area contributed by atoms with Crippen LogP contribution < -0.4 is 4.90 Å². The number of piperidine rings is 1. The van der Waals surface area contributed by atoms with Crippen molar-refractivity contribution in [2.24, 2.45) is 5.92 Å². The van der Waals surface area contributed by atoms with Crippen LogP contribution in [0.15, 0.2) is 68.9 Å². The van der Waals surface area contributed by atoms with E-state index in [1.54, 1.807) is 30.3 Å². The molecule has 0 spiro atoms. The average Bonchev–Trinajstić information content (AvgIpc) is 3.16. The van der Waals surface area contributed by atoms with Gasteiger partial charge in [0.05, 0.1) is 4.90 Å². The molecule has 1 aliphatic heterocycles. The Labute approximate surface area is 163 Å². The van der Waals surface area contributed by atoms with Gasteiger partial charge < -0.3 is 9.32 Å². The van der Waals surface area contributed by atoms with Gasteiger partial charge in [-0.05, 0) is 55.2 Å². The summed E-state index contributed by atoms with van der Waals surface area (Å²) in [6.07, 6.45) is 1.91. The number of anilines is 1. The number of nitrogens with zero attached hydrogens (tertiary/aromatic N) is 2. The number of aromatic nitrogens is 1. The van der Waals surface area contributed by atoms with E-state index >= 15 is 0 Å². The predicted molar refractivity (Wildman–Crippen MR) is 104 cm³/mol. The maximum atomic E-state index is 13.3. The minimum Gasteiger partial charge on any atom is -0.419 e. The molecule has 0 amide bonds. The third-order valence-corrected chi connectivity index (χ3v) is 6.72. The van der Waals surface area contributed by atoms with Gasteiger partial charge in [-0.15, -0.1) is 0 Å². The molecule has 1 aliphatic rings. The lowest BCUT2D eigenvalue weighted by molar-refractivity contribution is 0.415. The van der Waals surface area contributed by atoms with Crippen LogP contribution in [-0.2, 0) is 9.84 Å². The molecule has 0 atom stereocenters. The normalized spacial score (nSPS) is 15.7. The molecule has 1 aromatic heterocycles. The van der Waals surface area contributed by atoms with Crippen LogP contribution in [0.5, 0.6) is 0 Å². The van der Waals surface area contributed by atoms with E-state index in [1.165, 1.54) is 24.3 Å². The molecule has 146 valence electrons. The van der Waals surface area contributed by atoms with Gasteiger partial charge in [-0.25, -0.2) is 12.8 Å². The summed E-state index contributed by atoms with van der Waals surface area (Å²) in [5, 5.41) is -0.0902. The first-order chi connectivity index (χ1) is 13.4. The van der Waals surface area contributed by atoms with Crippen molar-refractivity contribution in [3.8, 4) is 11.5 Å². The highest BCUT2D eigenvalue weighted by Crippen LogP contribution is 2.36. The van der Waals surface area contributed by atoms with Gasteiger partial charge in [0.15, 0.2) is 0 Å². The lowest BCUT2D eigenvalue weighted by atomic mass is 9.99. The standard InChI is InChI=1S/C21H21FN2O3S/c1-15-11-13-24(14-12-15)21-20(28(25,26)18-5-3-2-4-6-18)23-19(27-21)16-7-9-17(22)10-8-16/h2-10,15H,11-14H2,1H3. The zero-order valence-corrected chi connectivity index (χ0v) is 16.3. The quantitative estimate of drug-likeness (QED) is 0.643. The number of benzene rings is 2. The Balaban J connectivity index is 1.82. The maximum absolute atomic E-state index is 13.3. The number of hydrogen-bond donors (Lipinski definition) is 0. The molecule has 0 radical (unpaired) electrons. The molecule has 1 fully saturated rings. The van der Waals surface area contributed by atoms with E-state index in [2.05, 4.69) is 11.9 Å². The third-order valence-electron chi connectivity index (χ3n) is 5.05. The van der Waals surface area contributed by atoms with Crippen LogP contribution >= 0.6 is 0 Å². The number of hydrogen-bond acceptors (Lipinski definition) is 5. The zero-order valence-electron chi connectivity index (χ0n) is 15.5. The van der Waals surface area contributed by atoms with Crippen molar-refractivity contribution in [2.45, 2.75) is 29.7 Å². The third kappa shape index (κ3) is 3.54. The predicted octanol–water partition coefficient (Wildman–Crippen LogP) is 4.55. The highest BCUT2D eigenvalue weighted by molar-refractivity contribution is 7.91. The smallest absolute Gasteiger partial charge is 0.236 e. The molecule has 0 unspecified atom stereocenters. The first kappa shape index (κ1) is 18.7. The summed E-state index contributed by atoms with van der Waals surface area (Å²) in [6, 6.07) is 13.9. The molecule has 5 nitrogen and oxygen atoms in total. The molecule has 3 aromatic rings. The Hall–Kier alpha value is -2.67. The summed E-state index contributed by atoms with van der Waals surface area (Å²) in [5.74, 6) is 0.640. The molecular formula is C21H21FN2O3S. The molecule has 1 saturated heterocycles. The van der Waals surface area contributed by atoms with Gasteiger partial charge in [-0.1, -0.05) is 25.1 Å². The van der Waals surface area contributed by atoms with Crippen LogP contribution in [0.2, 0.25) is 0 Å². The molecule has 7 heteroatoms. The van der Waals surface area contributed by atoms with E-state index < -0.39 is 9.84 Å². The van der Waals surface area contributed by atoms with E-state index in [0.29, 0.717) is 24.6 Å². The Morgan fingerprint density at radius 1 is 1.04 bits per heavy atom. The van der Waals surface area contributed by atoms with Gasteiger partial charge in [0.1, 0.15) is 5.82 Å². The number of sulfone groups is 1. The van der Waals surface area contributed by atoms with Gasteiger partial charge in [0.2, 0.25) is 26.6 Å². The van der Waals surface area contributed by atoms with Crippen LogP contribution in [0.3, 0.4) is 0 Å². The second kappa shape index (κ2) is 7.39. The molecule has 0 bridgehead atoms. The number of rotatable bonds is 4. The van der Waals surface area contributed by atoms with Crippen LogP contribution in [-0.4, -0.2) is 26.5 Å². The second-order valence-corrected chi connectivity index (χ2v) is 8.99. The molecule has 4 rings (SSSR count). The largest absolute Gasteiger partial charge is 0.419 e. The maximum Gasteiger partial charge on any atom is 0.236 e. The summed E-state index contributed by atoms with van der Waals surface area (Å²) in [5.41, 5.74) is 0.530. The van der Waals surface area contributed by atoms with E-state index in [0.717, 1.165) is 12.8 Å². The first-order valence-corrected chi connectivity index (χ1v) is 10.8. The van der Waals surface area contributed by atoms with Crippen LogP contribution in [0, 0.1) is 11.7 Å². The van der Waals surface area contributed by atoms with Crippen molar-refractivity contribution >= 4 is 15.7 Å². The first-order valence-electron chi connectivity index (χ1n) is 9.27. The summed E-state index contributed by atoms with van der Waals surface area (Å²) < 4.78 is 45.7. The number of halogens is 1. The molecule has 0 aliphatic carbocycles. The molecule has 0 saturated carbocycles. The molecule has 2 aromatic carbocycles. The molecule has 2 heterocycles. The number of oxazole rings is 1.